The number of carbonyl (C=O) groups is 4. The Morgan fingerprint density at radius 2 is 2.02 bits per heavy atom. The number of ether oxygens (including phenoxy) is 3. The van der Waals surface area contributed by atoms with E-state index in [0.29, 0.717) is 48.9 Å². The molecule has 2 fully saturated rings. The predicted octanol–water partition coefficient (Wildman–Crippen LogP) is -0.0492. The number of piperidine rings is 1. The molecule has 1 saturated carbocycles. The van der Waals surface area contributed by atoms with Crippen molar-refractivity contribution in [1.29, 1.82) is 0 Å². The van der Waals surface area contributed by atoms with Crippen LogP contribution in [0.25, 0.3) is 0 Å². The summed E-state index contributed by atoms with van der Waals surface area (Å²) in [6.07, 6.45) is 4.17. The summed E-state index contributed by atoms with van der Waals surface area (Å²) in [6.45, 7) is 2.07. The summed E-state index contributed by atoms with van der Waals surface area (Å²) in [5.74, 6) is -0.639. The molecule has 2 heterocycles. The van der Waals surface area contributed by atoms with Crippen molar-refractivity contribution in [2.75, 3.05) is 46.9 Å². The first-order chi connectivity index (χ1) is 23.9. The number of nitrogens with two attached hydrogens (primary N) is 2. The van der Waals surface area contributed by atoms with Crippen LogP contribution in [0, 0.1) is 5.92 Å². The molecule has 3 amide bonds. The molecule has 272 valence electrons. The topological polar surface area (TPSA) is 231 Å². The fraction of sp³-hybridized carbons (Fsp3) is 0.618. The Kier molecular flexibility index (Phi) is 9.86. The summed E-state index contributed by atoms with van der Waals surface area (Å²) in [4.78, 5) is 57.1. The molecule has 16 heteroatoms. The summed E-state index contributed by atoms with van der Waals surface area (Å²) in [7, 11) is 3.12. The average molecular weight is 698 g/mol. The molecule has 3 aliphatic carbocycles. The number of carboxylic acids is 1. The van der Waals surface area contributed by atoms with Crippen molar-refractivity contribution in [2.45, 2.75) is 80.6 Å². The van der Waals surface area contributed by atoms with Gasteiger partial charge >= 0.3 is 12.1 Å². The zero-order valence-corrected chi connectivity index (χ0v) is 28.5. The van der Waals surface area contributed by atoms with Crippen LogP contribution < -0.4 is 31.6 Å². The molecule has 2 aliphatic heterocycles. The molecule has 2 bridgehead atoms. The number of methoxy groups -OCH3 is 1. The molecule has 6 rings (SSSR count). The SMILES string of the molecule is COc1ccc2c3c1OC1C(OC(=O)N(C)CCNC(=O)C(CCCN=C(N)N)NC(=O)CC(=O)O)=CCC4(O)C(C2)N(CC2CC2)CCC314. The van der Waals surface area contributed by atoms with Gasteiger partial charge < -0.3 is 51.4 Å². The molecule has 1 aromatic carbocycles. The quantitative estimate of drug-likeness (QED) is 0.0613. The average Bonchev–Trinajstić information content (AvgIpc) is 3.81. The normalized spacial score (nSPS) is 26.3. The number of benzene rings is 1. The van der Waals surface area contributed by atoms with Gasteiger partial charge in [-0.15, -0.1) is 0 Å². The second kappa shape index (κ2) is 14.0. The number of guanidine groups is 1. The number of nitrogens with one attached hydrogen (secondary N) is 2. The smallest absolute Gasteiger partial charge is 0.414 e. The Labute approximate surface area is 290 Å². The third kappa shape index (κ3) is 6.53. The van der Waals surface area contributed by atoms with E-state index < -0.39 is 53.5 Å². The van der Waals surface area contributed by atoms with Crippen molar-refractivity contribution in [1.82, 2.24) is 20.4 Å². The first kappa shape index (κ1) is 35.3. The number of hydrogen-bond acceptors (Lipinski definition) is 10. The van der Waals surface area contributed by atoms with Gasteiger partial charge in [-0.3, -0.25) is 24.3 Å². The standard InChI is InChI=1S/C34H47N7O9/c1-40(15-13-37-30(45)21(4-3-12-38-31(35)36)39-25(42)17-26(43)44)32(46)49-23-9-10-34(47)24-16-20-7-8-22(48-2)28-27(20)33(34,29(23)50-28)11-14-41(24)18-19-5-6-19/h7-9,19,21,24,29,47H,3-6,10-18H2,1-2H3,(H,37,45)(H,39,42)(H,43,44)(H4,35,36,38). The zero-order valence-electron chi connectivity index (χ0n) is 28.5. The maximum Gasteiger partial charge on any atom is 0.414 e. The van der Waals surface area contributed by atoms with Crippen LogP contribution in [0.5, 0.6) is 11.5 Å². The van der Waals surface area contributed by atoms with Crippen molar-refractivity contribution in [3.8, 4) is 11.5 Å². The van der Waals surface area contributed by atoms with Crippen LogP contribution in [0.3, 0.4) is 0 Å². The number of aliphatic carboxylic acids is 1. The maximum atomic E-state index is 13.4. The molecular formula is C34H47N7O9. The number of rotatable bonds is 15. The van der Waals surface area contributed by atoms with E-state index in [0.717, 1.165) is 24.2 Å². The molecule has 0 radical (unpaired) electrons. The second-order valence-electron chi connectivity index (χ2n) is 14.0. The van der Waals surface area contributed by atoms with Gasteiger partial charge in [0.1, 0.15) is 18.2 Å². The summed E-state index contributed by atoms with van der Waals surface area (Å²) in [5.41, 5.74) is 10.8. The highest BCUT2D eigenvalue weighted by Crippen LogP contribution is 2.65. The van der Waals surface area contributed by atoms with E-state index in [2.05, 4.69) is 26.6 Å². The molecule has 1 saturated heterocycles. The minimum atomic E-state index is -1.33. The van der Waals surface area contributed by atoms with Crippen LogP contribution in [0.4, 0.5) is 4.79 Å². The Balaban J connectivity index is 1.12. The molecule has 5 aliphatic rings. The fourth-order valence-corrected chi connectivity index (χ4v) is 8.21. The van der Waals surface area contributed by atoms with Gasteiger partial charge in [-0.2, -0.15) is 0 Å². The van der Waals surface area contributed by atoms with Gasteiger partial charge in [-0.25, -0.2) is 4.79 Å². The van der Waals surface area contributed by atoms with E-state index in [4.69, 9.17) is 30.8 Å². The maximum absolute atomic E-state index is 13.4. The van der Waals surface area contributed by atoms with Crippen LogP contribution in [0.15, 0.2) is 29.0 Å². The highest BCUT2D eigenvalue weighted by atomic mass is 16.6. The van der Waals surface area contributed by atoms with Crippen molar-refractivity contribution in [3.63, 3.8) is 0 Å². The first-order valence-corrected chi connectivity index (χ1v) is 17.2. The minimum absolute atomic E-state index is 0.0246. The van der Waals surface area contributed by atoms with Gasteiger partial charge in [-0.05, 0) is 68.7 Å². The lowest BCUT2D eigenvalue weighted by Crippen LogP contribution is -2.75. The van der Waals surface area contributed by atoms with Crippen LogP contribution >= 0.6 is 0 Å². The largest absolute Gasteiger partial charge is 0.493 e. The lowest BCUT2D eigenvalue weighted by molar-refractivity contribution is -0.169. The Morgan fingerprint density at radius 3 is 2.72 bits per heavy atom. The molecule has 1 spiro atoms. The van der Waals surface area contributed by atoms with E-state index in [9.17, 15) is 24.3 Å². The third-order valence-electron chi connectivity index (χ3n) is 10.8. The highest BCUT2D eigenvalue weighted by Gasteiger charge is 2.72. The molecule has 5 unspecified atom stereocenters. The minimum Gasteiger partial charge on any atom is -0.493 e. The highest BCUT2D eigenvalue weighted by molar-refractivity contribution is 5.96. The summed E-state index contributed by atoms with van der Waals surface area (Å²) < 4.78 is 18.3. The summed E-state index contributed by atoms with van der Waals surface area (Å²) in [6, 6.07) is 2.84. The number of carbonyl (C=O) groups excluding carboxylic acids is 3. The van der Waals surface area contributed by atoms with Gasteiger partial charge in [0.25, 0.3) is 0 Å². The number of carboxylic acid groups (broad SMARTS) is 1. The lowest BCUT2D eigenvalue weighted by atomic mass is 9.50. The molecule has 1 aromatic rings. The number of amides is 3. The fourth-order valence-electron chi connectivity index (χ4n) is 8.21. The van der Waals surface area contributed by atoms with Crippen LogP contribution in [-0.4, -0.2) is 121 Å². The van der Waals surface area contributed by atoms with E-state index in [1.807, 2.05) is 6.07 Å². The Hall–Kier alpha value is -4.57. The predicted molar refractivity (Wildman–Crippen MR) is 179 cm³/mol. The Bertz CT molecular complexity index is 1590. The molecular weight excluding hydrogens is 650 g/mol. The van der Waals surface area contributed by atoms with Crippen LogP contribution in [0.2, 0.25) is 0 Å². The summed E-state index contributed by atoms with van der Waals surface area (Å²) >= 11 is 0. The molecule has 5 atom stereocenters. The molecule has 0 aromatic heterocycles. The lowest BCUT2D eigenvalue weighted by Gasteiger charge is -2.62. The number of nitrogens with zero attached hydrogens (tertiary/aromatic N) is 3. The van der Waals surface area contributed by atoms with Crippen LogP contribution in [0.1, 0.15) is 56.1 Å². The monoisotopic (exact) mass is 697 g/mol. The number of aliphatic hydroxyl groups is 1. The third-order valence-corrected chi connectivity index (χ3v) is 10.8. The zero-order chi connectivity index (χ0) is 35.8. The number of hydrogen-bond donors (Lipinski definition) is 6. The molecule has 16 nitrogen and oxygen atoms in total. The molecule has 50 heavy (non-hydrogen) atoms. The van der Waals surface area contributed by atoms with Crippen molar-refractivity contribution < 1.29 is 43.6 Å². The van der Waals surface area contributed by atoms with Gasteiger partial charge in [0.05, 0.1) is 18.1 Å². The van der Waals surface area contributed by atoms with E-state index >= 15 is 0 Å². The van der Waals surface area contributed by atoms with Gasteiger partial charge in [-0.1, -0.05) is 6.07 Å². The van der Waals surface area contributed by atoms with Crippen molar-refractivity contribution in [2.24, 2.45) is 22.4 Å². The van der Waals surface area contributed by atoms with E-state index in [-0.39, 0.29) is 38.1 Å². The van der Waals surface area contributed by atoms with Gasteiger partial charge in [0.15, 0.2) is 23.6 Å². The summed E-state index contributed by atoms with van der Waals surface area (Å²) in [5, 5.41) is 26.7. The van der Waals surface area contributed by atoms with Crippen LogP contribution in [-0.2, 0) is 31.0 Å². The van der Waals surface area contributed by atoms with E-state index in [1.165, 1.54) is 24.8 Å². The van der Waals surface area contributed by atoms with Crippen molar-refractivity contribution >= 4 is 29.8 Å². The van der Waals surface area contributed by atoms with Crippen molar-refractivity contribution in [3.05, 3.63) is 35.1 Å². The number of likely N-dealkylation sites (N-methyl/N-ethyl adjacent to an activating group) is 1. The molecule has 8 N–H and O–H groups in total. The first-order valence-electron chi connectivity index (χ1n) is 17.2. The number of aliphatic imine (C=N–C) groups is 1. The Morgan fingerprint density at radius 1 is 1.24 bits per heavy atom. The van der Waals surface area contributed by atoms with Gasteiger partial charge in [0.2, 0.25) is 11.8 Å². The van der Waals surface area contributed by atoms with Gasteiger partial charge in [0, 0.05) is 51.3 Å². The second-order valence-corrected chi connectivity index (χ2v) is 14.0. The van der Waals surface area contributed by atoms with E-state index in [1.54, 1.807) is 13.2 Å². The number of likely N-dealkylation sites (tertiary alicyclic amines) is 1.